The monoisotopic (exact) mass is 309 g/mol. The summed E-state index contributed by atoms with van der Waals surface area (Å²) in [5.74, 6) is 0. The van der Waals surface area contributed by atoms with Crippen LogP contribution in [0.1, 0.15) is 27.7 Å². The van der Waals surface area contributed by atoms with Crippen LogP contribution in [0, 0.1) is 0 Å². The molecule has 2 heterocycles. The van der Waals surface area contributed by atoms with Crippen molar-refractivity contribution in [1.82, 2.24) is 9.55 Å². The lowest BCUT2D eigenvalue weighted by Crippen LogP contribution is -2.49. The van der Waals surface area contributed by atoms with Crippen molar-refractivity contribution in [2.24, 2.45) is 7.05 Å². The van der Waals surface area contributed by atoms with Crippen molar-refractivity contribution in [2.45, 2.75) is 38.9 Å². The van der Waals surface area contributed by atoms with Gasteiger partial charge in [0.1, 0.15) is 0 Å². The van der Waals surface area contributed by atoms with E-state index in [1.54, 1.807) is 21.3 Å². The highest BCUT2D eigenvalue weighted by molar-refractivity contribution is 6.47. The molecule has 0 aliphatic carbocycles. The van der Waals surface area contributed by atoms with Crippen LogP contribution in [0.3, 0.4) is 0 Å². The van der Waals surface area contributed by atoms with Crippen molar-refractivity contribution < 1.29 is 9.76 Å². The first kappa shape index (κ1) is 16.0. The lowest BCUT2D eigenvalue weighted by molar-refractivity contribution is -0.0893. The summed E-state index contributed by atoms with van der Waals surface area (Å²) >= 11 is 0. The van der Waals surface area contributed by atoms with Gasteiger partial charge in [0.05, 0.1) is 16.7 Å². The van der Waals surface area contributed by atoms with Crippen molar-refractivity contribution in [3.8, 4) is 0 Å². The van der Waals surface area contributed by atoms with Gasteiger partial charge in [0.25, 0.3) is 0 Å². The zero-order valence-electron chi connectivity index (χ0n) is 14.3. The smallest absolute Gasteiger partial charge is 0.330 e. The van der Waals surface area contributed by atoms with E-state index in [9.17, 15) is 5.11 Å². The van der Waals surface area contributed by atoms with Gasteiger partial charge in [0, 0.05) is 35.7 Å². The highest BCUT2D eigenvalue weighted by Gasteiger charge is 2.35. The van der Waals surface area contributed by atoms with E-state index in [4.69, 9.17) is 4.65 Å². The molecule has 0 amide bonds. The largest absolute Gasteiger partial charge is 0.427 e. The molecule has 0 bridgehead atoms. The first-order chi connectivity index (χ1) is 10.7. The van der Waals surface area contributed by atoms with Crippen LogP contribution in [-0.2, 0) is 11.7 Å². The second-order valence-corrected chi connectivity index (χ2v) is 7.03. The van der Waals surface area contributed by atoms with E-state index in [0.29, 0.717) is 0 Å². The van der Waals surface area contributed by atoms with Gasteiger partial charge in [0.15, 0.2) is 0 Å². The van der Waals surface area contributed by atoms with Gasteiger partial charge in [-0.15, -0.1) is 0 Å². The number of benzene rings is 1. The van der Waals surface area contributed by atoms with Crippen molar-refractivity contribution in [3.05, 3.63) is 36.7 Å². The van der Waals surface area contributed by atoms with Gasteiger partial charge in [-0.05, 0) is 39.8 Å². The van der Waals surface area contributed by atoms with Gasteiger partial charge >= 0.3 is 7.48 Å². The molecule has 0 atom stereocenters. The number of pyridine rings is 1. The average molecular weight is 309 g/mol. The molecule has 0 saturated carbocycles. The molecular weight excluding hydrogens is 287 g/mol. The standard InChI is InChI=1S/C18H22BN2O2/c1-17(2,22)18(3,4)23-19-12-6-7-13-14-11-20-9-8-15(14)21(5)16(13)10-12/h6-11,22H,1-5H3. The molecule has 119 valence electrons. The minimum Gasteiger partial charge on any atom is -0.427 e. The minimum atomic E-state index is -0.932. The summed E-state index contributed by atoms with van der Waals surface area (Å²) in [5, 5.41) is 12.5. The van der Waals surface area contributed by atoms with Gasteiger partial charge in [-0.3, -0.25) is 4.98 Å². The molecule has 3 rings (SSSR count). The van der Waals surface area contributed by atoms with Gasteiger partial charge in [-0.25, -0.2) is 0 Å². The van der Waals surface area contributed by atoms with Crippen LogP contribution in [0.15, 0.2) is 36.7 Å². The molecular formula is C18H22BN2O2. The summed E-state index contributed by atoms with van der Waals surface area (Å²) in [4.78, 5) is 4.22. The van der Waals surface area contributed by atoms with Crippen LogP contribution in [0.2, 0.25) is 0 Å². The van der Waals surface area contributed by atoms with E-state index in [-0.39, 0.29) is 0 Å². The van der Waals surface area contributed by atoms with Crippen LogP contribution >= 0.6 is 0 Å². The van der Waals surface area contributed by atoms with Crippen molar-refractivity contribution in [1.29, 1.82) is 0 Å². The summed E-state index contributed by atoms with van der Waals surface area (Å²) in [6, 6.07) is 8.23. The Labute approximate surface area is 137 Å². The molecule has 4 nitrogen and oxygen atoms in total. The Hall–Kier alpha value is -1.85. The predicted molar refractivity (Wildman–Crippen MR) is 95.1 cm³/mol. The van der Waals surface area contributed by atoms with Crippen molar-refractivity contribution in [2.75, 3.05) is 0 Å². The minimum absolute atomic E-state index is 0.676. The maximum absolute atomic E-state index is 10.2. The molecule has 23 heavy (non-hydrogen) atoms. The molecule has 1 N–H and O–H groups in total. The Morgan fingerprint density at radius 2 is 1.83 bits per heavy atom. The lowest BCUT2D eigenvalue weighted by atomic mass is 9.82. The molecule has 1 aromatic carbocycles. The molecule has 0 aliphatic rings. The maximum atomic E-state index is 10.2. The van der Waals surface area contributed by atoms with Gasteiger partial charge in [-0.2, -0.15) is 0 Å². The van der Waals surface area contributed by atoms with Crippen molar-refractivity contribution >= 4 is 34.8 Å². The van der Waals surface area contributed by atoms with Gasteiger partial charge < -0.3 is 14.3 Å². The zero-order chi connectivity index (χ0) is 16.8. The van der Waals surface area contributed by atoms with Crippen LogP contribution in [0.4, 0.5) is 0 Å². The number of nitrogens with zero attached hydrogens (tertiary/aromatic N) is 2. The molecule has 3 aromatic rings. The molecule has 0 aliphatic heterocycles. The van der Waals surface area contributed by atoms with E-state index >= 15 is 0 Å². The van der Waals surface area contributed by atoms with Crippen LogP contribution in [-0.4, -0.2) is 33.3 Å². The first-order valence-corrected chi connectivity index (χ1v) is 7.76. The lowest BCUT2D eigenvalue weighted by Gasteiger charge is -2.37. The fraction of sp³-hybridized carbons (Fsp3) is 0.389. The number of rotatable bonds is 4. The van der Waals surface area contributed by atoms with E-state index < -0.39 is 11.2 Å². The van der Waals surface area contributed by atoms with E-state index in [1.165, 1.54) is 5.39 Å². The Morgan fingerprint density at radius 1 is 1.09 bits per heavy atom. The van der Waals surface area contributed by atoms with Crippen molar-refractivity contribution in [3.63, 3.8) is 0 Å². The van der Waals surface area contributed by atoms with Crippen LogP contribution < -0.4 is 5.46 Å². The van der Waals surface area contributed by atoms with Crippen LogP contribution in [0.5, 0.6) is 0 Å². The molecule has 0 unspecified atom stereocenters. The molecule has 2 aromatic heterocycles. The summed E-state index contributed by atoms with van der Waals surface area (Å²) in [5.41, 5.74) is 1.65. The number of hydrogen-bond acceptors (Lipinski definition) is 3. The number of fused-ring (bicyclic) bond motifs is 3. The predicted octanol–water partition coefficient (Wildman–Crippen LogP) is 2.54. The summed E-state index contributed by atoms with van der Waals surface area (Å²) in [7, 11) is 3.77. The SMILES string of the molecule is Cn1c2ccncc2c2ccc([B]OC(C)(C)C(C)(C)O)cc21. The van der Waals surface area contributed by atoms with E-state index in [1.807, 2.05) is 38.4 Å². The van der Waals surface area contributed by atoms with Gasteiger partial charge in [0.2, 0.25) is 0 Å². The second kappa shape index (κ2) is 5.36. The normalized spacial score (nSPS) is 13.0. The molecule has 1 radical (unpaired) electrons. The molecule has 5 heteroatoms. The Morgan fingerprint density at radius 3 is 2.52 bits per heavy atom. The summed E-state index contributed by atoms with van der Waals surface area (Å²) in [6.45, 7) is 7.26. The Kier molecular flexibility index (Phi) is 3.73. The third-order valence-electron chi connectivity index (χ3n) is 4.80. The quantitative estimate of drug-likeness (QED) is 0.753. The molecule has 0 fully saturated rings. The van der Waals surface area contributed by atoms with Crippen LogP contribution in [0.25, 0.3) is 21.8 Å². The Bertz CT molecular complexity index is 862. The first-order valence-electron chi connectivity index (χ1n) is 7.76. The zero-order valence-corrected chi connectivity index (χ0v) is 14.3. The van der Waals surface area contributed by atoms with E-state index in [2.05, 4.69) is 28.7 Å². The average Bonchev–Trinajstić information content (AvgIpc) is 2.78. The number of aryl methyl sites for hydroxylation is 1. The molecule has 0 spiro atoms. The number of aliphatic hydroxyl groups is 1. The van der Waals surface area contributed by atoms with E-state index in [0.717, 1.165) is 21.9 Å². The second-order valence-electron chi connectivity index (χ2n) is 7.03. The molecule has 0 saturated heterocycles. The maximum Gasteiger partial charge on any atom is 0.330 e. The number of aromatic nitrogens is 2. The topological polar surface area (TPSA) is 47.3 Å². The summed E-state index contributed by atoms with van der Waals surface area (Å²) in [6.07, 6.45) is 3.71. The third kappa shape index (κ3) is 2.75. The highest BCUT2D eigenvalue weighted by atomic mass is 16.5. The third-order valence-corrected chi connectivity index (χ3v) is 4.80. The van der Waals surface area contributed by atoms with Gasteiger partial charge in [-0.1, -0.05) is 17.6 Å². The fourth-order valence-corrected chi connectivity index (χ4v) is 2.50. The number of hydrogen-bond donors (Lipinski definition) is 1. The highest BCUT2D eigenvalue weighted by Crippen LogP contribution is 2.27. The fourth-order valence-electron chi connectivity index (χ4n) is 2.50. The summed E-state index contributed by atoms with van der Waals surface area (Å²) < 4.78 is 8.00. The Balaban J connectivity index is 1.95.